The van der Waals surface area contributed by atoms with Crippen LogP contribution >= 0.6 is 0 Å². The third kappa shape index (κ3) is 1.54. The van der Waals surface area contributed by atoms with Crippen LogP contribution in [0.2, 0.25) is 0 Å². The molecule has 3 heteroatoms. The Balaban J connectivity index is 2.37. The molecular weight excluding hydrogens is 164 g/mol. The van der Waals surface area contributed by atoms with Gasteiger partial charge in [0.15, 0.2) is 0 Å². The second kappa shape index (κ2) is 3.56. The predicted octanol–water partition coefficient (Wildman–Crippen LogP) is 2.57. The van der Waals surface area contributed by atoms with E-state index in [2.05, 4.69) is 27.9 Å². The number of rotatable bonds is 3. The van der Waals surface area contributed by atoms with Crippen molar-refractivity contribution in [3.8, 4) is 0 Å². The molecule has 0 saturated carbocycles. The van der Waals surface area contributed by atoms with E-state index in [4.69, 9.17) is 0 Å². The molecule has 2 rings (SSSR count). The van der Waals surface area contributed by atoms with Crippen molar-refractivity contribution in [3.63, 3.8) is 0 Å². The lowest BCUT2D eigenvalue weighted by Gasteiger charge is -1.97. The van der Waals surface area contributed by atoms with Gasteiger partial charge in [0, 0.05) is 0 Å². The number of hydrogen-bond acceptors (Lipinski definition) is 3. The number of fused-ring (bicyclic) bond motifs is 1. The summed E-state index contributed by atoms with van der Waals surface area (Å²) in [6.45, 7) is 2.18. The lowest BCUT2D eigenvalue weighted by atomic mass is 10.1. The van der Waals surface area contributed by atoms with E-state index >= 15 is 0 Å². The molecule has 2 aromatic rings. The van der Waals surface area contributed by atoms with Gasteiger partial charge in [-0.1, -0.05) is 25.5 Å². The maximum absolute atomic E-state index is 4.69. The SMILES string of the molecule is CCCCc1cccc2nonc12. The fraction of sp³-hybridized carbons (Fsp3) is 0.400. The van der Waals surface area contributed by atoms with Gasteiger partial charge in [0.25, 0.3) is 0 Å². The number of hydrogen-bond donors (Lipinski definition) is 0. The maximum Gasteiger partial charge on any atom is 0.138 e. The van der Waals surface area contributed by atoms with Gasteiger partial charge in [0.2, 0.25) is 0 Å². The lowest BCUT2D eigenvalue weighted by molar-refractivity contribution is 0.315. The molecule has 68 valence electrons. The van der Waals surface area contributed by atoms with Gasteiger partial charge >= 0.3 is 0 Å². The summed E-state index contributed by atoms with van der Waals surface area (Å²) in [5, 5.41) is 7.69. The zero-order valence-corrected chi connectivity index (χ0v) is 7.66. The molecule has 3 nitrogen and oxygen atoms in total. The van der Waals surface area contributed by atoms with Crippen LogP contribution in [0.4, 0.5) is 0 Å². The molecule has 0 aliphatic heterocycles. The van der Waals surface area contributed by atoms with Crippen molar-refractivity contribution in [2.24, 2.45) is 0 Å². The van der Waals surface area contributed by atoms with E-state index in [1.165, 1.54) is 18.4 Å². The second-order valence-corrected chi connectivity index (χ2v) is 3.15. The summed E-state index contributed by atoms with van der Waals surface area (Å²) in [6, 6.07) is 6.00. The molecule has 0 aliphatic carbocycles. The summed E-state index contributed by atoms with van der Waals surface area (Å²) in [4.78, 5) is 0. The average Bonchev–Trinajstić information content (AvgIpc) is 2.62. The Bertz CT molecular complexity index is 394. The summed E-state index contributed by atoms with van der Waals surface area (Å²) in [7, 11) is 0. The molecule has 0 bridgehead atoms. The van der Waals surface area contributed by atoms with E-state index in [1.807, 2.05) is 12.1 Å². The molecule has 0 radical (unpaired) electrons. The standard InChI is InChI=1S/C10H12N2O/c1-2-3-5-8-6-4-7-9-10(8)12-13-11-9/h4,6-7H,2-3,5H2,1H3. The van der Waals surface area contributed by atoms with Gasteiger partial charge in [-0.15, -0.1) is 0 Å². The Morgan fingerprint density at radius 2 is 2.23 bits per heavy atom. The molecule has 0 atom stereocenters. The number of aromatic nitrogens is 2. The Labute approximate surface area is 76.7 Å². The Morgan fingerprint density at radius 1 is 1.31 bits per heavy atom. The molecule has 1 heterocycles. The molecule has 0 amide bonds. The van der Waals surface area contributed by atoms with Gasteiger partial charge in [-0.25, -0.2) is 4.63 Å². The van der Waals surface area contributed by atoms with E-state index in [0.717, 1.165) is 17.5 Å². The van der Waals surface area contributed by atoms with E-state index in [1.54, 1.807) is 0 Å². The minimum atomic E-state index is 0.855. The first-order valence-electron chi connectivity index (χ1n) is 4.62. The normalized spacial score (nSPS) is 10.8. The molecule has 1 aromatic heterocycles. The Morgan fingerprint density at radius 3 is 3.08 bits per heavy atom. The third-order valence-electron chi connectivity index (χ3n) is 2.17. The van der Waals surface area contributed by atoms with Crippen LogP contribution in [0, 0.1) is 0 Å². The van der Waals surface area contributed by atoms with Crippen molar-refractivity contribution in [2.45, 2.75) is 26.2 Å². The van der Waals surface area contributed by atoms with Gasteiger partial charge < -0.3 is 0 Å². The second-order valence-electron chi connectivity index (χ2n) is 3.15. The molecule has 0 aliphatic rings. The number of nitrogens with zero attached hydrogens (tertiary/aromatic N) is 2. The van der Waals surface area contributed by atoms with Crippen molar-refractivity contribution in [2.75, 3.05) is 0 Å². The van der Waals surface area contributed by atoms with Crippen LogP contribution < -0.4 is 0 Å². The van der Waals surface area contributed by atoms with Crippen molar-refractivity contribution in [1.29, 1.82) is 0 Å². The predicted molar refractivity (Wildman–Crippen MR) is 50.4 cm³/mol. The van der Waals surface area contributed by atoms with Gasteiger partial charge in [0.05, 0.1) is 0 Å². The summed E-state index contributed by atoms with van der Waals surface area (Å²) in [5.74, 6) is 0. The van der Waals surface area contributed by atoms with Crippen molar-refractivity contribution in [1.82, 2.24) is 10.3 Å². The smallest absolute Gasteiger partial charge is 0.138 e. The highest BCUT2D eigenvalue weighted by atomic mass is 16.6. The van der Waals surface area contributed by atoms with E-state index < -0.39 is 0 Å². The largest absolute Gasteiger partial charge is 0.243 e. The highest BCUT2D eigenvalue weighted by molar-refractivity contribution is 5.76. The van der Waals surface area contributed by atoms with Crippen LogP contribution in [0.1, 0.15) is 25.3 Å². The Hall–Kier alpha value is -1.38. The molecule has 1 aromatic carbocycles. The van der Waals surface area contributed by atoms with Gasteiger partial charge in [-0.3, -0.25) is 0 Å². The van der Waals surface area contributed by atoms with E-state index in [-0.39, 0.29) is 0 Å². The summed E-state index contributed by atoms with van der Waals surface area (Å²) < 4.78 is 4.69. The van der Waals surface area contributed by atoms with Crippen LogP contribution in [0.5, 0.6) is 0 Å². The van der Waals surface area contributed by atoms with Gasteiger partial charge in [-0.2, -0.15) is 0 Å². The maximum atomic E-state index is 4.69. The van der Waals surface area contributed by atoms with Crippen LogP contribution in [-0.2, 0) is 6.42 Å². The zero-order chi connectivity index (χ0) is 9.10. The number of benzene rings is 1. The molecule has 0 fully saturated rings. The third-order valence-corrected chi connectivity index (χ3v) is 2.17. The monoisotopic (exact) mass is 176 g/mol. The molecule has 0 spiro atoms. The summed E-state index contributed by atoms with van der Waals surface area (Å²) >= 11 is 0. The quantitative estimate of drug-likeness (QED) is 0.721. The van der Waals surface area contributed by atoms with Gasteiger partial charge in [0.1, 0.15) is 11.0 Å². The number of aryl methyl sites for hydroxylation is 1. The first kappa shape index (κ1) is 8.23. The fourth-order valence-electron chi connectivity index (χ4n) is 1.43. The zero-order valence-electron chi connectivity index (χ0n) is 7.66. The Kier molecular flexibility index (Phi) is 2.25. The first-order chi connectivity index (χ1) is 6.42. The molecule has 0 unspecified atom stereocenters. The summed E-state index contributed by atoms with van der Waals surface area (Å²) in [6.07, 6.45) is 3.44. The van der Waals surface area contributed by atoms with E-state index in [0.29, 0.717) is 0 Å². The van der Waals surface area contributed by atoms with Gasteiger partial charge in [-0.05, 0) is 34.8 Å². The first-order valence-corrected chi connectivity index (χ1v) is 4.62. The molecule has 0 saturated heterocycles. The van der Waals surface area contributed by atoms with Crippen molar-refractivity contribution < 1.29 is 4.63 Å². The fourth-order valence-corrected chi connectivity index (χ4v) is 1.43. The number of unbranched alkanes of at least 4 members (excludes halogenated alkanes) is 1. The summed E-state index contributed by atoms with van der Waals surface area (Å²) in [5.41, 5.74) is 3.00. The van der Waals surface area contributed by atoms with Crippen molar-refractivity contribution >= 4 is 11.0 Å². The van der Waals surface area contributed by atoms with Crippen LogP contribution in [0.15, 0.2) is 22.8 Å². The van der Waals surface area contributed by atoms with Crippen LogP contribution in [0.3, 0.4) is 0 Å². The lowest BCUT2D eigenvalue weighted by Crippen LogP contribution is -1.86. The average molecular weight is 176 g/mol. The minimum absolute atomic E-state index is 0.855. The van der Waals surface area contributed by atoms with Crippen LogP contribution in [0.25, 0.3) is 11.0 Å². The highest BCUT2D eigenvalue weighted by Crippen LogP contribution is 2.16. The molecular formula is C10H12N2O. The minimum Gasteiger partial charge on any atom is -0.243 e. The van der Waals surface area contributed by atoms with E-state index in [9.17, 15) is 0 Å². The topological polar surface area (TPSA) is 38.9 Å². The molecule has 13 heavy (non-hydrogen) atoms. The van der Waals surface area contributed by atoms with Crippen LogP contribution in [-0.4, -0.2) is 10.3 Å². The highest BCUT2D eigenvalue weighted by Gasteiger charge is 2.04. The molecule has 0 N–H and O–H groups in total. The van der Waals surface area contributed by atoms with Crippen molar-refractivity contribution in [3.05, 3.63) is 23.8 Å².